The van der Waals surface area contributed by atoms with E-state index in [-0.39, 0.29) is 31.3 Å². The minimum Gasteiger partial charge on any atom is -0.480 e. The number of aliphatic carboxylic acids is 1. The van der Waals surface area contributed by atoms with Gasteiger partial charge < -0.3 is 43.4 Å². The molecule has 0 saturated carbocycles. The lowest BCUT2D eigenvalue weighted by atomic mass is 10.0. The normalized spacial score (nSPS) is 14.6. The molecule has 0 aliphatic rings. The second-order valence-electron chi connectivity index (χ2n) is 7.57. The minimum absolute atomic E-state index is 0.0209. The largest absolute Gasteiger partial charge is 0.480 e. The van der Waals surface area contributed by atoms with Gasteiger partial charge in [-0.05, 0) is 32.1 Å². The molecule has 0 aromatic heterocycles. The van der Waals surface area contributed by atoms with Crippen molar-refractivity contribution in [3.8, 4) is 0 Å². The van der Waals surface area contributed by atoms with Gasteiger partial charge in [-0.25, -0.2) is 4.79 Å². The molecular formula is C18H35N7O6. The molecule has 0 aliphatic heterocycles. The average Bonchev–Trinajstić information content (AvgIpc) is 2.66. The number of carboxylic acids is 1. The van der Waals surface area contributed by atoms with E-state index in [0.717, 1.165) is 0 Å². The van der Waals surface area contributed by atoms with E-state index in [1.54, 1.807) is 0 Å². The van der Waals surface area contributed by atoms with Crippen LogP contribution in [0.3, 0.4) is 0 Å². The van der Waals surface area contributed by atoms with Crippen molar-refractivity contribution in [3.63, 3.8) is 0 Å². The minimum atomic E-state index is -1.31. The van der Waals surface area contributed by atoms with Gasteiger partial charge in [0.25, 0.3) is 0 Å². The Morgan fingerprint density at radius 3 is 1.87 bits per heavy atom. The van der Waals surface area contributed by atoms with Crippen molar-refractivity contribution in [2.75, 3.05) is 13.2 Å². The summed E-state index contributed by atoms with van der Waals surface area (Å²) in [7, 11) is 0. The molecule has 0 bridgehead atoms. The fourth-order valence-electron chi connectivity index (χ4n) is 2.51. The van der Waals surface area contributed by atoms with Gasteiger partial charge in [-0.2, -0.15) is 0 Å². The van der Waals surface area contributed by atoms with Crippen LogP contribution in [-0.4, -0.2) is 77.2 Å². The Morgan fingerprint density at radius 2 is 1.42 bits per heavy atom. The number of hydrogen-bond donors (Lipinski definition) is 8. The summed E-state index contributed by atoms with van der Waals surface area (Å²) < 4.78 is 0. The monoisotopic (exact) mass is 445 g/mol. The number of aliphatic imine (C=N–C) groups is 1. The number of aliphatic hydroxyl groups excluding tert-OH is 1. The van der Waals surface area contributed by atoms with Crippen LogP contribution in [0, 0.1) is 5.92 Å². The van der Waals surface area contributed by atoms with Crippen molar-refractivity contribution in [1.29, 1.82) is 0 Å². The number of nitrogens with one attached hydrogen (secondary N) is 3. The Bertz CT molecular complexity index is 649. The average molecular weight is 446 g/mol. The highest BCUT2D eigenvalue weighted by Gasteiger charge is 2.30. The number of carboxylic acid groups (broad SMARTS) is 1. The fraction of sp³-hybridized carbons (Fsp3) is 0.722. The molecule has 0 spiro atoms. The number of carbonyl (C=O) groups excluding carboxylic acids is 3. The van der Waals surface area contributed by atoms with Crippen molar-refractivity contribution in [2.24, 2.45) is 28.1 Å². The first-order valence-electron chi connectivity index (χ1n) is 9.94. The first kappa shape index (κ1) is 28.1. The molecule has 4 atom stereocenters. The molecule has 0 aromatic carbocycles. The highest BCUT2D eigenvalue weighted by molar-refractivity contribution is 5.94. The lowest BCUT2D eigenvalue weighted by Crippen LogP contribution is -2.58. The zero-order valence-electron chi connectivity index (χ0n) is 18.1. The summed E-state index contributed by atoms with van der Waals surface area (Å²) in [6.45, 7) is 4.54. The molecule has 0 rings (SSSR count). The number of carbonyl (C=O) groups is 4. The summed E-state index contributed by atoms with van der Waals surface area (Å²) in [4.78, 5) is 52.1. The van der Waals surface area contributed by atoms with Gasteiger partial charge in [0.05, 0.1) is 12.6 Å². The first-order chi connectivity index (χ1) is 14.4. The van der Waals surface area contributed by atoms with Crippen LogP contribution in [0.1, 0.15) is 40.0 Å². The number of nitrogens with zero attached hydrogens (tertiary/aromatic N) is 1. The molecule has 13 heteroatoms. The predicted octanol–water partition coefficient (Wildman–Crippen LogP) is -3.04. The first-order valence-corrected chi connectivity index (χ1v) is 9.94. The maximum Gasteiger partial charge on any atom is 0.326 e. The second kappa shape index (κ2) is 14.1. The van der Waals surface area contributed by atoms with E-state index in [4.69, 9.17) is 17.2 Å². The number of hydrogen-bond acceptors (Lipinski definition) is 7. The summed E-state index contributed by atoms with van der Waals surface area (Å²) in [5, 5.41) is 25.9. The zero-order chi connectivity index (χ0) is 24.1. The lowest BCUT2D eigenvalue weighted by molar-refractivity contribution is -0.142. The van der Waals surface area contributed by atoms with Gasteiger partial charge in [0.1, 0.15) is 18.1 Å². The Hall–Kier alpha value is -2.93. The molecule has 0 aliphatic carbocycles. The van der Waals surface area contributed by atoms with Gasteiger partial charge in [0.15, 0.2) is 5.96 Å². The van der Waals surface area contributed by atoms with Gasteiger partial charge in [-0.3, -0.25) is 19.4 Å². The van der Waals surface area contributed by atoms with Gasteiger partial charge in [0, 0.05) is 6.54 Å². The van der Waals surface area contributed by atoms with Crippen LogP contribution in [-0.2, 0) is 19.2 Å². The van der Waals surface area contributed by atoms with E-state index in [2.05, 4.69) is 20.9 Å². The van der Waals surface area contributed by atoms with Gasteiger partial charge in [-0.15, -0.1) is 0 Å². The standard InChI is InChI=1S/C18H35N7O6/c1-9(2)7-12(24-16(29)13(8-26)25-14(27)10(3)19)15(28)23-11(17(30)31)5-4-6-22-18(20)21/h9-13,26H,4-8,19H2,1-3H3,(H,23,28)(H,24,29)(H,25,27)(H,30,31)(H4,20,21,22). The molecule has 4 unspecified atom stereocenters. The molecule has 0 radical (unpaired) electrons. The van der Waals surface area contributed by atoms with Crippen LogP contribution in [0.15, 0.2) is 4.99 Å². The van der Waals surface area contributed by atoms with Crippen LogP contribution in [0.4, 0.5) is 0 Å². The topological polar surface area (TPSA) is 235 Å². The molecule has 11 N–H and O–H groups in total. The number of amides is 3. The van der Waals surface area contributed by atoms with E-state index in [1.165, 1.54) is 6.92 Å². The SMILES string of the molecule is CC(C)CC(NC(=O)C(CO)NC(=O)C(C)N)C(=O)NC(CCCN=C(N)N)C(=O)O. The Labute approximate surface area is 181 Å². The van der Waals surface area contributed by atoms with Gasteiger partial charge >= 0.3 is 5.97 Å². The summed E-state index contributed by atoms with van der Waals surface area (Å²) in [5.74, 6) is -3.53. The van der Waals surface area contributed by atoms with Crippen molar-refractivity contribution >= 4 is 29.7 Å². The third kappa shape index (κ3) is 11.7. The van der Waals surface area contributed by atoms with E-state index in [1.807, 2.05) is 13.8 Å². The highest BCUT2D eigenvalue weighted by atomic mass is 16.4. The summed E-state index contributed by atoms with van der Waals surface area (Å²) >= 11 is 0. The smallest absolute Gasteiger partial charge is 0.326 e. The van der Waals surface area contributed by atoms with E-state index < -0.39 is 54.5 Å². The van der Waals surface area contributed by atoms with Crippen LogP contribution in [0.25, 0.3) is 0 Å². The van der Waals surface area contributed by atoms with Crippen molar-refractivity contribution in [2.45, 2.75) is 64.2 Å². The van der Waals surface area contributed by atoms with Crippen LogP contribution in [0.5, 0.6) is 0 Å². The third-order valence-electron chi connectivity index (χ3n) is 4.13. The van der Waals surface area contributed by atoms with E-state index in [9.17, 15) is 29.4 Å². The van der Waals surface area contributed by atoms with Crippen LogP contribution in [0.2, 0.25) is 0 Å². The Morgan fingerprint density at radius 1 is 0.903 bits per heavy atom. The number of aliphatic hydroxyl groups is 1. The summed E-state index contributed by atoms with van der Waals surface area (Å²) in [5.41, 5.74) is 15.9. The molecule has 0 fully saturated rings. The van der Waals surface area contributed by atoms with Crippen LogP contribution < -0.4 is 33.2 Å². The maximum absolute atomic E-state index is 12.7. The summed E-state index contributed by atoms with van der Waals surface area (Å²) in [6.07, 6.45) is 0.591. The Kier molecular flexibility index (Phi) is 12.8. The third-order valence-corrected chi connectivity index (χ3v) is 4.13. The fourth-order valence-corrected chi connectivity index (χ4v) is 2.51. The van der Waals surface area contributed by atoms with Crippen molar-refractivity contribution < 1.29 is 29.4 Å². The molecule has 3 amide bonds. The number of nitrogens with two attached hydrogens (primary N) is 3. The molecule has 0 aromatic rings. The molecule has 31 heavy (non-hydrogen) atoms. The van der Waals surface area contributed by atoms with E-state index >= 15 is 0 Å². The lowest BCUT2D eigenvalue weighted by Gasteiger charge is -2.25. The van der Waals surface area contributed by atoms with Crippen molar-refractivity contribution in [1.82, 2.24) is 16.0 Å². The zero-order valence-corrected chi connectivity index (χ0v) is 18.1. The molecule has 13 nitrogen and oxygen atoms in total. The molecular weight excluding hydrogens is 410 g/mol. The van der Waals surface area contributed by atoms with E-state index in [0.29, 0.717) is 6.42 Å². The number of guanidine groups is 1. The molecule has 178 valence electrons. The van der Waals surface area contributed by atoms with Crippen LogP contribution >= 0.6 is 0 Å². The van der Waals surface area contributed by atoms with Gasteiger partial charge in [0.2, 0.25) is 17.7 Å². The molecule has 0 heterocycles. The highest BCUT2D eigenvalue weighted by Crippen LogP contribution is 2.07. The van der Waals surface area contributed by atoms with Gasteiger partial charge in [-0.1, -0.05) is 13.8 Å². The Balaban J connectivity index is 5.18. The maximum atomic E-state index is 12.7. The number of rotatable bonds is 14. The van der Waals surface area contributed by atoms with Crippen molar-refractivity contribution in [3.05, 3.63) is 0 Å². The quantitative estimate of drug-likeness (QED) is 0.0769. The predicted molar refractivity (Wildman–Crippen MR) is 114 cm³/mol. The second-order valence-corrected chi connectivity index (χ2v) is 7.57. The molecule has 0 saturated heterocycles. The summed E-state index contributed by atoms with van der Waals surface area (Å²) in [6, 6.07) is -4.49.